The van der Waals surface area contributed by atoms with Crippen LogP contribution >= 0.6 is 0 Å². The van der Waals surface area contributed by atoms with Crippen molar-refractivity contribution >= 4 is 6.09 Å². The summed E-state index contributed by atoms with van der Waals surface area (Å²) in [5, 5.41) is 2.52. The van der Waals surface area contributed by atoms with E-state index in [1.54, 1.807) is 6.92 Å². The van der Waals surface area contributed by atoms with Gasteiger partial charge in [-0.1, -0.05) is 42.2 Å². The van der Waals surface area contributed by atoms with Crippen LogP contribution in [0.15, 0.2) is 42.6 Å². The monoisotopic (exact) mass is 298 g/mol. The van der Waals surface area contributed by atoms with Crippen LogP contribution in [-0.2, 0) is 11.3 Å². The van der Waals surface area contributed by atoms with Crippen LogP contribution in [0.1, 0.15) is 16.7 Å². The van der Waals surface area contributed by atoms with Gasteiger partial charge in [-0.2, -0.15) is 4.39 Å². The van der Waals surface area contributed by atoms with Crippen molar-refractivity contribution in [3.63, 3.8) is 0 Å². The summed E-state index contributed by atoms with van der Waals surface area (Å²) >= 11 is 0. The van der Waals surface area contributed by atoms with Gasteiger partial charge in [-0.05, 0) is 24.1 Å². The van der Waals surface area contributed by atoms with Crippen LogP contribution in [0.3, 0.4) is 0 Å². The number of hydrogen-bond donors (Lipinski definition) is 1. The number of benzene rings is 1. The Labute approximate surface area is 128 Å². The lowest BCUT2D eigenvalue weighted by Crippen LogP contribution is -2.24. The fourth-order valence-electron chi connectivity index (χ4n) is 1.68. The lowest BCUT2D eigenvalue weighted by atomic mass is 10.2. The Morgan fingerprint density at radius 1 is 1.36 bits per heavy atom. The molecule has 0 aliphatic rings. The zero-order valence-corrected chi connectivity index (χ0v) is 12.1. The first-order chi connectivity index (χ1) is 10.6. The van der Waals surface area contributed by atoms with Crippen LogP contribution < -0.4 is 5.32 Å². The number of hydrogen-bond acceptors (Lipinski definition) is 3. The van der Waals surface area contributed by atoms with Crippen LogP contribution in [0.25, 0.3) is 0 Å². The average Bonchev–Trinajstić information content (AvgIpc) is 2.52. The topological polar surface area (TPSA) is 51.2 Å². The van der Waals surface area contributed by atoms with E-state index >= 15 is 0 Å². The quantitative estimate of drug-likeness (QED) is 0.700. The number of halogens is 1. The minimum atomic E-state index is -0.536. The van der Waals surface area contributed by atoms with Crippen molar-refractivity contribution in [1.29, 1.82) is 0 Å². The minimum Gasteiger partial charge on any atom is -0.445 e. The predicted molar refractivity (Wildman–Crippen MR) is 80.4 cm³/mol. The second-order valence-electron chi connectivity index (χ2n) is 4.54. The Bertz CT molecular complexity index is 706. The molecule has 0 fully saturated rings. The van der Waals surface area contributed by atoms with Crippen molar-refractivity contribution in [3.05, 3.63) is 65.2 Å². The number of pyridine rings is 1. The Morgan fingerprint density at radius 2 is 2.14 bits per heavy atom. The first kappa shape index (κ1) is 15.5. The van der Waals surface area contributed by atoms with Crippen LogP contribution in [0, 0.1) is 24.7 Å². The molecule has 1 amide bonds. The third-order valence-corrected chi connectivity index (χ3v) is 2.83. The number of ether oxygens (including phenoxy) is 1. The normalized spacial score (nSPS) is 9.55. The summed E-state index contributed by atoms with van der Waals surface area (Å²) in [6.45, 7) is 2.10. The van der Waals surface area contributed by atoms with E-state index in [-0.39, 0.29) is 13.2 Å². The van der Waals surface area contributed by atoms with Gasteiger partial charge in [-0.15, -0.1) is 0 Å². The number of aromatic nitrogens is 1. The van der Waals surface area contributed by atoms with E-state index in [2.05, 4.69) is 22.1 Å². The molecule has 0 saturated carbocycles. The highest BCUT2D eigenvalue weighted by Crippen LogP contribution is 2.05. The van der Waals surface area contributed by atoms with Gasteiger partial charge in [0.05, 0.1) is 6.54 Å². The summed E-state index contributed by atoms with van der Waals surface area (Å²) in [5.41, 5.74) is 2.24. The molecule has 5 heteroatoms. The Balaban J connectivity index is 1.76. The van der Waals surface area contributed by atoms with Crippen molar-refractivity contribution < 1.29 is 13.9 Å². The van der Waals surface area contributed by atoms with Crippen LogP contribution in [-0.4, -0.2) is 17.6 Å². The smallest absolute Gasteiger partial charge is 0.408 e. The molecule has 0 aliphatic heterocycles. The average molecular weight is 298 g/mol. The van der Waals surface area contributed by atoms with Crippen molar-refractivity contribution in [2.24, 2.45) is 0 Å². The van der Waals surface area contributed by atoms with Gasteiger partial charge >= 0.3 is 6.09 Å². The Kier molecular flexibility index (Phi) is 5.50. The van der Waals surface area contributed by atoms with E-state index in [0.29, 0.717) is 11.1 Å². The molecule has 2 rings (SSSR count). The molecule has 0 atom stereocenters. The number of rotatable bonds is 3. The van der Waals surface area contributed by atoms with E-state index in [1.807, 2.05) is 30.3 Å². The van der Waals surface area contributed by atoms with Gasteiger partial charge in [-0.3, -0.25) is 0 Å². The van der Waals surface area contributed by atoms with Crippen LogP contribution in [0.2, 0.25) is 0 Å². The maximum atomic E-state index is 12.8. The summed E-state index contributed by atoms with van der Waals surface area (Å²) in [4.78, 5) is 15.0. The number of carbonyl (C=O) groups excluding carboxylic acids is 1. The predicted octanol–water partition coefficient (Wildman–Crippen LogP) is 2.81. The van der Waals surface area contributed by atoms with Crippen molar-refractivity contribution in [3.8, 4) is 11.8 Å². The number of carbonyl (C=O) groups is 1. The summed E-state index contributed by atoms with van der Waals surface area (Å²) < 4.78 is 17.9. The van der Waals surface area contributed by atoms with Crippen molar-refractivity contribution in [2.75, 3.05) is 6.54 Å². The molecule has 1 N–H and O–H groups in total. The molecular formula is C17H15FN2O2. The van der Waals surface area contributed by atoms with Gasteiger partial charge in [0, 0.05) is 11.8 Å². The zero-order valence-electron chi connectivity index (χ0n) is 12.1. The van der Waals surface area contributed by atoms with E-state index in [1.165, 1.54) is 12.3 Å². The molecule has 0 saturated heterocycles. The molecule has 4 nitrogen and oxygen atoms in total. The summed E-state index contributed by atoms with van der Waals surface area (Å²) in [7, 11) is 0. The molecule has 0 radical (unpaired) electrons. The maximum absolute atomic E-state index is 12.8. The van der Waals surface area contributed by atoms with E-state index in [4.69, 9.17) is 4.74 Å². The van der Waals surface area contributed by atoms with Crippen LogP contribution in [0.4, 0.5) is 9.18 Å². The van der Waals surface area contributed by atoms with Gasteiger partial charge in [0.25, 0.3) is 0 Å². The zero-order chi connectivity index (χ0) is 15.8. The summed E-state index contributed by atoms with van der Waals surface area (Å²) in [6.07, 6.45) is 0.831. The van der Waals surface area contributed by atoms with E-state index < -0.39 is 12.0 Å². The van der Waals surface area contributed by atoms with Crippen molar-refractivity contribution in [1.82, 2.24) is 10.3 Å². The molecule has 0 unspecified atom stereocenters. The SMILES string of the molecule is Cc1cc(F)ncc1C#CCNC(=O)OCc1ccccc1. The first-order valence-corrected chi connectivity index (χ1v) is 6.71. The fourth-order valence-corrected chi connectivity index (χ4v) is 1.68. The second-order valence-corrected chi connectivity index (χ2v) is 4.54. The Hall–Kier alpha value is -2.87. The summed E-state index contributed by atoms with van der Waals surface area (Å²) in [5.74, 6) is 5.05. The van der Waals surface area contributed by atoms with E-state index in [9.17, 15) is 9.18 Å². The molecule has 1 aromatic carbocycles. The highest BCUT2D eigenvalue weighted by Gasteiger charge is 2.00. The van der Waals surface area contributed by atoms with E-state index in [0.717, 1.165) is 5.56 Å². The van der Waals surface area contributed by atoms with Gasteiger partial charge in [-0.25, -0.2) is 9.78 Å². The van der Waals surface area contributed by atoms with Crippen LogP contribution in [0.5, 0.6) is 0 Å². The molecular weight excluding hydrogens is 283 g/mol. The largest absolute Gasteiger partial charge is 0.445 e. The Morgan fingerprint density at radius 3 is 2.86 bits per heavy atom. The molecule has 1 aromatic heterocycles. The number of aryl methyl sites for hydroxylation is 1. The standard InChI is InChI=1S/C17H15FN2O2/c1-13-10-16(18)20-11-15(13)8-5-9-19-17(21)22-12-14-6-3-2-4-7-14/h2-4,6-7,10-11H,9,12H2,1H3,(H,19,21). The number of nitrogens with one attached hydrogen (secondary N) is 1. The number of alkyl carbamates (subject to hydrolysis) is 1. The lowest BCUT2D eigenvalue weighted by Gasteiger charge is -2.04. The van der Waals surface area contributed by atoms with Gasteiger partial charge in [0.2, 0.25) is 5.95 Å². The molecule has 1 heterocycles. The molecule has 0 spiro atoms. The van der Waals surface area contributed by atoms with Gasteiger partial charge in [0.1, 0.15) is 6.61 Å². The molecule has 112 valence electrons. The maximum Gasteiger partial charge on any atom is 0.408 e. The second kappa shape index (κ2) is 7.79. The minimum absolute atomic E-state index is 0.143. The third kappa shape index (κ3) is 4.91. The third-order valence-electron chi connectivity index (χ3n) is 2.83. The first-order valence-electron chi connectivity index (χ1n) is 6.71. The molecule has 0 aliphatic carbocycles. The molecule has 0 bridgehead atoms. The lowest BCUT2D eigenvalue weighted by molar-refractivity contribution is 0.141. The van der Waals surface area contributed by atoms with Gasteiger partial charge in [0.15, 0.2) is 0 Å². The number of nitrogens with zero attached hydrogens (tertiary/aromatic N) is 1. The molecule has 22 heavy (non-hydrogen) atoms. The highest BCUT2D eigenvalue weighted by atomic mass is 19.1. The number of amides is 1. The summed E-state index contributed by atoms with van der Waals surface area (Å²) in [6, 6.07) is 10.7. The molecule has 2 aromatic rings. The highest BCUT2D eigenvalue weighted by molar-refractivity contribution is 5.67. The van der Waals surface area contributed by atoms with Gasteiger partial charge < -0.3 is 10.1 Å². The fraction of sp³-hybridized carbons (Fsp3) is 0.176. The van der Waals surface area contributed by atoms with Crippen molar-refractivity contribution in [2.45, 2.75) is 13.5 Å².